The second-order valence-corrected chi connectivity index (χ2v) is 4.16. The molecule has 0 aromatic heterocycles. The van der Waals surface area contributed by atoms with Crippen molar-refractivity contribution in [2.45, 2.75) is 26.4 Å². The molecule has 0 bridgehead atoms. The van der Waals surface area contributed by atoms with Crippen LogP contribution in [0.4, 0.5) is 0 Å². The van der Waals surface area contributed by atoms with Crippen molar-refractivity contribution in [2.75, 3.05) is 13.1 Å². The van der Waals surface area contributed by atoms with Gasteiger partial charge in [0.1, 0.15) is 0 Å². The van der Waals surface area contributed by atoms with Crippen LogP contribution in [0.5, 0.6) is 0 Å². The van der Waals surface area contributed by atoms with Gasteiger partial charge in [0.05, 0.1) is 11.6 Å². The summed E-state index contributed by atoms with van der Waals surface area (Å²) >= 11 is 0. The molecule has 0 saturated heterocycles. The van der Waals surface area contributed by atoms with E-state index in [0.29, 0.717) is 18.2 Å². The van der Waals surface area contributed by atoms with E-state index < -0.39 is 0 Å². The highest BCUT2D eigenvalue weighted by Gasteiger charge is 2.08. The Hall–Kier alpha value is -1.37. The first-order valence-corrected chi connectivity index (χ1v) is 5.60. The predicted octanol–water partition coefficient (Wildman–Crippen LogP) is 1.73. The standard InChI is InChI=1S/C13H19N3/c1-11(2)16(8-7-14)10-13-5-3-12(9-15)4-6-13/h3-6,11H,7-8,10,14H2,1-2H3. The van der Waals surface area contributed by atoms with Gasteiger partial charge in [-0.15, -0.1) is 0 Å². The van der Waals surface area contributed by atoms with Gasteiger partial charge in [0, 0.05) is 25.7 Å². The van der Waals surface area contributed by atoms with E-state index in [1.807, 2.05) is 24.3 Å². The fourth-order valence-corrected chi connectivity index (χ4v) is 1.60. The van der Waals surface area contributed by atoms with Crippen LogP contribution in [0, 0.1) is 11.3 Å². The van der Waals surface area contributed by atoms with Gasteiger partial charge >= 0.3 is 0 Å². The first kappa shape index (κ1) is 12.7. The van der Waals surface area contributed by atoms with Gasteiger partial charge in [0.25, 0.3) is 0 Å². The fourth-order valence-electron chi connectivity index (χ4n) is 1.60. The first-order chi connectivity index (χ1) is 7.67. The molecule has 0 aliphatic carbocycles. The van der Waals surface area contributed by atoms with Crippen molar-refractivity contribution in [1.82, 2.24) is 4.90 Å². The highest BCUT2D eigenvalue weighted by molar-refractivity contribution is 5.31. The van der Waals surface area contributed by atoms with Crippen LogP contribution in [-0.4, -0.2) is 24.0 Å². The number of nitrogens with two attached hydrogens (primary N) is 1. The summed E-state index contributed by atoms with van der Waals surface area (Å²) in [6.45, 7) is 6.80. The second kappa shape index (κ2) is 6.26. The lowest BCUT2D eigenvalue weighted by molar-refractivity contribution is 0.219. The minimum Gasteiger partial charge on any atom is -0.329 e. The summed E-state index contributed by atoms with van der Waals surface area (Å²) in [5.74, 6) is 0. The summed E-state index contributed by atoms with van der Waals surface area (Å²) < 4.78 is 0. The molecule has 1 aromatic carbocycles. The Balaban J connectivity index is 2.66. The summed E-state index contributed by atoms with van der Waals surface area (Å²) in [7, 11) is 0. The molecule has 0 unspecified atom stereocenters. The van der Waals surface area contributed by atoms with Crippen LogP contribution < -0.4 is 5.73 Å². The van der Waals surface area contributed by atoms with E-state index >= 15 is 0 Å². The molecule has 0 saturated carbocycles. The fraction of sp³-hybridized carbons (Fsp3) is 0.462. The Bertz CT molecular complexity index is 348. The largest absolute Gasteiger partial charge is 0.329 e. The quantitative estimate of drug-likeness (QED) is 0.817. The number of nitriles is 1. The monoisotopic (exact) mass is 217 g/mol. The average Bonchev–Trinajstić information content (AvgIpc) is 2.29. The molecule has 0 spiro atoms. The second-order valence-electron chi connectivity index (χ2n) is 4.16. The lowest BCUT2D eigenvalue weighted by Gasteiger charge is -2.25. The predicted molar refractivity (Wildman–Crippen MR) is 65.8 cm³/mol. The maximum absolute atomic E-state index is 8.71. The van der Waals surface area contributed by atoms with Gasteiger partial charge in [0.2, 0.25) is 0 Å². The minimum atomic E-state index is 0.485. The number of nitrogens with zero attached hydrogens (tertiary/aromatic N) is 2. The topological polar surface area (TPSA) is 53.0 Å². The SMILES string of the molecule is CC(C)N(CCN)Cc1ccc(C#N)cc1. The number of benzene rings is 1. The summed E-state index contributed by atoms with van der Waals surface area (Å²) in [5, 5.41) is 8.71. The van der Waals surface area contributed by atoms with Crippen LogP contribution in [-0.2, 0) is 6.54 Å². The Morgan fingerprint density at radius 1 is 1.31 bits per heavy atom. The molecule has 0 fully saturated rings. The summed E-state index contributed by atoms with van der Waals surface area (Å²) in [6, 6.07) is 10.3. The van der Waals surface area contributed by atoms with Gasteiger partial charge in [0.15, 0.2) is 0 Å². The van der Waals surface area contributed by atoms with Gasteiger partial charge in [-0.05, 0) is 31.5 Å². The van der Waals surface area contributed by atoms with Crippen molar-refractivity contribution >= 4 is 0 Å². The van der Waals surface area contributed by atoms with Crippen LogP contribution in [0.3, 0.4) is 0 Å². The van der Waals surface area contributed by atoms with Crippen molar-refractivity contribution in [1.29, 1.82) is 5.26 Å². The van der Waals surface area contributed by atoms with Crippen molar-refractivity contribution in [3.63, 3.8) is 0 Å². The van der Waals surface area contributed by atoms with E-state index in [-0.39, 0.29) is 0 Å². The molecule has 3 heteroatoms. The highest BCUT2D eigenvalue weighted by atomic mass is 15.1. The van der Waals surface area contributed by atoms with Crippen LogP contribution in [0.25, 0.3) is 0 Å². The molecule has 0 radical (unpaired) electrons. The molecule has 0 heterocycles. The molecule has 1 aromatic rings. The zero-order valence-corrected chi connectivity index (χ0v) is 9.98. The van der Waals surface area contributed by atoms with Crippen molar-refractivity contribution in [2.24, 2.45) is 5.73 Å². The molecule has 1 rings (SSSR count). The van der Waals surface area contributed by atoms with E-state index in [1.165, 1.54) is 5.56 Å². The van der Waals surface area contributed by atoms with Gasteiger partial charge in [-0.1, -0.05) is 12.1 Å². The van der Waals surface area contributed by atoms with Gasteiger partial charge in [-0.25, -0.2) is 0 Å². The van der Waals surface area contributed by atoms with Crippen molar-refractivity contribution < 1.29 is 0 Å². The van der Waals surface area contributed by atoms with E-state index in [4.69, 9.17) is 11.0 Å². The third-order valence-corrected chi connectivity index (χ3v) is 2.62. The number of hydrogen-bond donors (Lipinski definition) is 1. The van der Waals surface area contributed by atoms with Crippen LogP contribution in [0.1, 0.15) is 25.0 Å². The first-order valence-electron chi connectivity index (χ1n) is 5.60. The van der Waals surface area contributed by atoms with E-state index in [0.717, 1.165) is 13.1 Å². The molecule has 3 nitrogen and oxygen atoms in total. The smallest absolute Gasteiger partial charge is 0.0991 e. The summed E-state index contributed by atoms with van der Waals surface area (Å²) in [6.07, 6.45) is 0. The molecule has 2 N–H and O–H groups in total. The zero-order chi connectivity index (χ0) is 12.0. The Morgan fingerprint density at radius 2 is 1.94 bits per heavy atom. The molecular formula is C13H19N3. The van der Waals surface area contributed by atoms with E-state index in [1.54, 1.807) is 0 Å². The molecule has 0 atom stereocenters. The Labute approximate surface area is 97.5 Å². The van der Waals surface area contributed by atoms with Crippen LogP contribution >= 0.6 is 0 Å². The molecule has 0 aliphatic rings. The minimum absolute atomic E-state index is 0.485. The third-order valence-electron chi connectivity index (χ3n) is 2.62. The lowest BCUT2D eigenvalue weighted by atomic mass is 10.1. The van der Waals surface area contributed by atoms with Gasteiger partial charge in [-0.2, -0.15) is 5.26 Å². The zero-order valence-electron chi connectivity index (χ0n) is 9.98. The molecular weight excluding hydrogens is 198 g/mol. The molecule has 16 heavy (non-hydrogen) atoms. The van der Waals surface area contributed by atoms with E-state index in [9.17, 15) is 0 Å². The maximum Gasteiger partial charge on any atom is 0.0991 e. The van der Waals surface area contributed by atoms with Crippen molar-refractivity contribution in [3.05, 3.63) is 35.4 Å². The summed E-state index contributed by atoms with van der Waals surface area (Å²) in [4.78, 5) is 2.32. The van der Waals surface area contributed by atoms with Gasteiger partial charge in [-0.3, -0.25) is 4.90 Å². The van der Waals surface area contributed by atoms with Gasteiger partial charge < -0.3 is 5.73 Å². The maximum atomic E-state index is 8.71. The lowest BCUT2D eigenvalue weighted by Crippen LogP contribution is -2.34. The Kier molecular flexibility index (Phi) is 4.97. The number of rotatable bonds is 5. The van der Waals surface area contributed by atoms with E-state index in [2.05, 4.69) is 24.8 Å². The van der Waals surface area contributed by atoms with Crippen LogP contribution in [0.2, 0.25) is 0 Å². The third kappa shape index (κ3) is 3.65. The number of hydrogen-bond acceptors (Lipinski definition) is 3. The average molecular weight is 217 g/mol. The summed E-state index contributed by atoms with van der Waals surface area (Å²) in [5.41, 5.74) is 7.51. The Morgan fingerprint density at radius 3 is 2.38 bits per heavy atom. The van der Waals surface area contributed by atoms with Crippen LogP contribution in [0.15, 0.2) is 24.3 Å². The molecule has 0 amide bonds. The molecule has 0 aliphatic heterocycles. The highest BCUT2D eigenvalue weighted by Crippen LogP contribution is 2.09. The van der Waals surface area contributed by atoms with Crippen molar-refractivity contribution in [3.8, 4) is 6.07 Å². The molecule has 86 valence electrons. The normalized spacial score (nSPS) is 10.8.